The second-order valence-electron chi connectivity index (χ2n) is 5.76. The van der Waals surface area contributed by atoms with Crippen molar-refractivity contribution in [2.24, 2.45) is 5.73 Å². The minimum atomic E-state index is -0.168. The quantitative estimate of drug-likeness (QED) is 0.602. The predicted molar refractivity (Wildman–Crippen MR) is 85.7 cm³/mol. The molecule has 0 unspecified atom stereocenters. The van der Waals surface area contributed by atoms with Crippen LogP contribution < -0.4 is 5.73 Å². The van der Waals surface area contributed by atoms with E-state index in [0.29, 0.717) is 12.6 Å². The maximum Gasteiger partial charge on any atom is 0.302 e. The number of fused-ring (bicyclic) bond motifs is 2. The molecule has 20 heavy (non-hydrogen) atoms. The van der Waals surface area contributed by atoms with Crippen LogP contribution in [0.25, 0.3) is 0 Å². The van der Waals surface area contributed by atoms with Gasteiger partial charge in [-0.1, -0.05) is 0 Å². The van der Waals surface area contributed by atoms with E-state index in [1.165, 1.54) is 45.6 Å². The van der Waals surface area contributed by atoms with E-state index in [9.17, 15) is 4.79 Å². The van der Waals surface area contributed by atoms with Gasteiger partial charge < -0.3 is 10.5 Å². The third-order valence-electron chi connectivity index (χ3n) is 4.29. The number of hydrogen-bond acceptors (Lipinski definition) is 4. The predicted octanol–water partition coefficient (Wildman–Crippen LogP) is 2.52. The summed E-state index contributed by atoms with van der Waals surface area (Å²) in [4.78, 5) is 13.3. The molecule has 2 bridgehead atoms. The smallest absolute Gasteiger partial charge is 0.302 e. The number of unbranched alkanes of at least 4 members (excludes halogenated alkanes) is 2. The first kappa shape index (κ1) is 20.0. The van der Waals surface area contributed by atoms with Gasteiger partial charge in [0.2, 0.25) is 0 Å². The molecule has 2 aliphatic heterocycles. The van der Waals surface area contributed by atoms with Crippen LogP contribution in [-0.2, 0) is 9.53 Å². The lowest BCUT2D eigenvalue weighted by Gasteiger charge is -2.37. The van der Waals surface area contributed by atoms with Crippen molar-refractivity contribution in [2.45, 2.75) is 70.0 Å². The van der Waals surface area contributed by atoms with E-state index < -0.39 is 0 Å². The van der Waals surface area contributed by atoms with Gasteiger partial charge in [-0.3, -0.25) is 9.69 Å². The zero-order valence-electron chi connectivity index (χ0n) is 12.3. The van der Waals surface area contributed by atoms with Gasteiger partial charge in [0.25, 0.3) is 0 Å². The molecule has 2 fully saturated rings. The van der Waals surface area contributed by atoms with Crippen molar-refractivity contribution in [3.05, 3.63) is 0 Å². The van der Waals surface area contributed by atoms with Gasteiger partial charge in [0.1, 0.15) is 0 Å². The number of halogens is 2. The minimum absolute atomic E-state index is 0. The molecule has 3 atom stereocenters. The maximum absolute atomic E-state index is 10.6. The molecule has 6 heteroatoms. The summed E-state index contributed by atoms with van der Waals surface area (Å²) in [6.07, 6.45) is 8.40. The average Bonchev–Trinajstić information content (AvgIpc) is 2.56. The Kier molecular flexibility index (Phi) is 9.81. The van der Waals surface area contributed by atoms with E-state index in [-0.39, 0.29) is 30.8 Å². The Hall–Kier alpha value is -0.0300. The van der Waals surface area contributed by atoms with Gasteiger partial charge in [0.05, 0.1) is 6.61 Å². The molecule has 0 radical (unpaired) electrons. The Morgan fingerprint density at radius 2 is 1.75 bits per heavy atom. The van der Waals surface area contributed by atoms with Crippen molar-refractivity contribution in [1.29, 1.82) is 0 Å². The third kappa shape index (κ3) is 5.76. The highest BCUT2D eigenvalue weighted by molar-refractivity contribution is 5.85. The zero-order valence-corrected chi connectivity index (χ0v) is 13.9. The lowest BCUT2D eigenvalue weighted by Crippen LogP contribution is -2.47. The average molecular weight is 327 g/mol. The van der Waals surface area contributed by atoms with Gasteiger partial charge in [-0.15, -0.1) is 24.8 Å². The van der Waals surface area contributed by atoms with Crippen molar-refractivity contribution in [2.75, 3.05) is 13.2 Å². The van der Waals surface area contributed by atoms with Gasteiger partial charge in [-0.2, -0.15) is 0 Å². The monoisotopic (exact) mass is 326 g/mol. The van der Waals surface area contributed by atoms with E-state index >= 15 is 0 Å². The van der Waals surface area contributed by atoms with Crippen LogP contribution >= 0.6 is 24.8 Å². The third-order valence-corrected chi connectivity index (χ3v) is 4.29. The number of nitrogens with zero attached hydrogens (tertiary/aromatic N) is 1. The van der Waals surface area contributed by atoms with Crippen LogP contribution in [0.1, 0.15) is 51.9 Å². The molecule has 0 aliphatic carbocycles. The highest BCUT2D eigenvalue weighted by atomic mass is 35.5. The summed E-state index contributed by atoms with van der Waals surface area (Å²) < 4.78 is 4.93. The van der Waals surface area contributed by atoms with Crippen LogP contribution in [0.15, 0.2) is 0 Å². The summed E-state index contributed by atoms with van der Waals surface area (Å²) in [6.45, 7) is 3.24. The normalized spacial score (nSPS) is 28.4. The van der Waals surface area contributed by atoms with Gasteiger partial charge in [0, 0.05) is 25.0 Å². The standard InChI is InChI=1S/C14H26N2O2.2ClH/c1-11(17)18-8-4-2-3-7-16-13-5-6-14(16)10-12(15)9-13;;/h12-14H,2-10,15H2,1H3;2*1H/t12-,13+,14-;;. The summed E-state index contributed by atoms with van der Waals surface area (Å²) in [5.41, 5.74) is 6.07. The molecular formula is C14H28Cl2N2O2. The molecule has 2 rings (SSSR count). The first-order chi connectivity index (χ1) is 8.66. The van der Waals surface area contributed by atoms with Crippen molar-refractivity contribution in [3.63, 3.8) is 0 Å². The van der Waals surface area contributed by atoms with E-state index in [1.807, 2.05) is 0 Å². The number of piperidine rings is 1. The Labute approximate surface area is 134 Å². The van der Waals surface area contributed by atoms with Gasteiger partial charge in [-0.05, 0) is 51.5 Å². The lowest BCUT2D eigenvalue weighted by molar-refractivity contribution is -0.141. The minimum Gasteiger partial charge on any atom is -0.466 e. The van der Waals surface area contributed by atoms with Crippen molar-refractivity contribution in [1.82, 2.24) is 4.90 Å². The zero-order chi connectivity index (χ0) is 13.0. The summed E-state index contributed by atoms with van der Waals surface area (Å²) in [6, 6.07) is 1.92. The largest absolute Gasteiger partial charge is 0.466 e. The molecule has 2 aliphatic rings. The molecule has 4 nitrogen and oxygen atoms in total. The summed E-state index contributed by atoms with van der Waals surface area (Å²) >= 11 is 0. The SMILES string of the molecule is CC(=O)OCCCCCN1[C@@H]2CC[C@H]1C[C@@H](N)C2.Cl.Cl. The molecular weight excluding hydrogens is 299 g/mol. The summed E-state index contributed by atoms with van der Waals surface area (Å²) in [5, 5.41) is 0. The first-order valence-corrected chi connectivity index (χ1v) is 7.31. The highest BCUT2D eigenvalue weighted by Crippen LogP contribution is 2.35. The van der Waals surface area contributed by atoms with Crippen LogP contribution in [0.2, 0.25) is 0 Å². The number of carbonyl (C=O) groups excluding carboxylic acids is 1. The van der Waals surface area contributed by atoms with Crippen LogP contribution in [0.5, 0.6) is 0 Å². The Bertz CT molecular complexity index is 278. The Balaban J connectivity index is 0.00000180. The van der Waals surface area contributed by atoms with E-state index in [1.54, 1.807) is 0 Å². The first-order valence-electron chi connectivity index (χ1n) is 7.31. The maximum atomic E-state index is 10.6. The number of carbonyl (C=O) groups is 1. The number of ether oxygens (including phenoxy) is 1. The molecule has 0 aromatic rings. The molecule has 2 heterocycles. The second-order valence-corrected chi connectivity index (χ2v) is 5.76. The van der Waals surface area contributed by atoms with Crippen molar-refractivity contribution in [3.8, 4) is 0 Å². The molecule has 0 amide bonds. The fraction of sp³-hybridized carbons (Fsp3) is 0.929. The van der Waals surface area contributed by atoms with Crippen LogP contribution in [0.3, 0.4) is 0 Å². The van der Waals surface area contributed by atoms with Gasteiger partial charge in [0.15, 0.2) is 0 Å². The van der Waals surface area contributed by atoms with Gasteiger partial charge >= 0.3 is 5.97 Å². The number of esters is 1. The van der Waals surface area contributed by atoms with Gasteiger partial charge in [-0.25, -0.2) is 0 Å². The van der Waals surface area contributed by atoms with Crippen LogP contribution in [-0.4, -0.2) is 42.1 Å². The van der Waals surface area contributed by atoms with Crippen molar-refractivity contribution < 1.29 is 9.53 Å². The van der Waals surface area contributed by atoms with E-state index in [4.69, 9.17) is 10.5 Å². The topological polar surface area (TPSA) is 55.6 Å². The van der Waals surface area contributed by atoms with E-state index in [0.717, 1.165) is 24.9 Å². The highest BCUT2D eigenvalue weighted by Gasteiger charge is 2.38. The number of hydrogen-bond donors (Lipinski definition) is 1. The van der Waals surface area contributed by atoms with E-state index in [2.05, 4.69) is 4.90 Å². The number of nitrogens with two attached hydrogens (primary N) is 1. The molecule has 120 valence electrons. The fourth-order valence-electron chi connectivity index (χ4n) is 3.47. The summed E-state index contributed by atoms with van der Waals surface area (Å²) in [5.74, 6) is -0.168. The molecule has 2 N–H and O–H groups in total. The summed E-state index contributed by atoms with van der Waals surface area (Å²) in [7, 11) is 0. The Morgan fingerprint density at radius 3 is 2.30 bits per heavy atom. The molecule has 0 aromatic carbocycles. The second kappa shape index (κ2) is 9.82. The van der Waals surface area contributed by atoms with Crippen molar-refractivity contribution >= 4 is 30.8 Å². The van der Waals surface area contributed by atoms with Crippen LogP contribution in [0, 0.1) is 0 Å². The van der Waals surface area contributed by atoms with Crippen LogP contribution in [0.4, 0.5) is 0 Å². The number of rotatable bonds is 6. The molecule has 2 saturated heterocycles. The molecule has 0 spiro atoms. The lowest BCUT2D eigenvalue weighted by atomic mass is 9.98. The molecule has 0 saturated carbocycles. The fourth-order valence-corrected chi connectivity index (χ4v) is 3.47. The Morgan fingerprint density at radius 1 is 1.15 bits per heavy atom. The molecule has 0 aromatic heterocycles.